The molecule has 2 N–H and O–H groups in total. The van der Waals surface area contributed by atoms with Gasteiger partial charge in [-0.15, -0.1) is 6.42 Å². The van der Waals surface area contributed by atoms with Crippen molar-refractivity contribution in [3.63, 3.8) is 0 Å². The molecule has 0 aromatic heterocycles. The smallest absolute Gasteiger partial charge is 0.385 e. The van der Waals surface area contributed by atoms with Gasteiger partial charge < -0.3 is 5.73 Å². The highest BCUT2D eigenvalue weighted by molar-refractivity contribution is 6.03. The molecule has 0 bridgehead atoms. The van der Waals surface area contributed by atoms with Crippen molar-refractivity contribution >= 4 is 11.9 Å². The summed E-state index contributed by atoms with van der Waals surface area (Å²) in [5.74, 6) is 2.29. The minimum atomic E-state index is -4.48. The molecule has 0 fully saturated rings. The fourth-order valence-corrected chi connectivity index (χ4v) is 2.17. The normalized spacial score (nSPS) is 20.1. The fraction of sp³-hybridized carbons (Fsp3) is 0.286. The molecule has 2 rings (SSSR count). The van der Waals surface area contributed by atoms with Crippen LogP contribution in [0.3, 0.4) is 0 Å². The van der Waals surface area contributed by atoms with Gasteiger partial charge in [0, 0.05) is 0 Å². The van der Waals surface area contributed by atoms with Crippen molar-refractivity contribution < 1.29 is 18.0 Å². The van der Waals surface area contributed by atoms with Gasteiger partial charge in [0.25, 0.3) is 0 Å². The molecule has 7 heteroatoms. The summed E-state index contributed by atoms with van der Waals surface area (Å²) in [4.78, 5) is 16.6. The van der Waals surface area contributed by atoms with Crippen LogP contribution in [-0.4, -0.2) is 22.8 Å². The molecule has 1 aliphatic rings. The lowest BCUT2D eigenvalue weighted by molar-refractivity contribution is -0.137. The number of alkyl halides is 3. The first-order chi connectivity index (χ1) is 9.75. The Morgan fingerprint density at radius 1 is 1.48 bits per heavy atom. The molecular weight excluding hydrogens is 283 g/mol. The number of halogens is 3. The molecule has 2 amide bonds. The van der Waals surface area contributed by atoms with Crippen LogP contribution in [0.5, 0.6) is 0 Å². The fourth-order valence-electron chi connectivity index (χ4n) is 2.17. The van der Waals surface area contributed by atoms with Crippen LogP contribution in [0.25, 0.3) is 0 Å². The minimum absolute atomic E-state index is 0.0681. The van der Waals surface area contributed by atoms with E-state index in [0.717, 1.165) is 12.1 Å². The van der Waals surface area contributed by atoms with Crippen LogP contribution < -0.4 is 5.73 Å². The van der Waals surface area contributed by atoms with Crippen LogP contribution in [0, 0.1) is 12.3 Å². The van der Waals surface area contributed by atoms with Crippen molar-refractivity contribution in [2.75, 3.05) is 0 Å². The minimum Gasteiger partial charge on any atom is -0.385 e. The standard InChI is InChI=1S/C14H12F3N3O/c1-3-8(2)20-11(12(18)19-13(20)21)9-5-4-6-10(7-9)14(15,16)17/h1,4-8,11H,2H3,(H2,18,19,21). The van der Waals surface area contributed by atoms with Crippen molar-refractivity contribution in [3.8, 4) is 12.3 Å². The van der Waals surface area contributed by atoms with E-state index < -0.39 is 29.9 Å². The summed E-state index contributed by atoms with van der Waals surface area (Å²) in [6.45, 7) is 1.58. The average Bonchev–Trinajstić information content (AvgIpc) is 2.71. The molecular formula is C14H12F3N3O. The zero-order valence-corrected chi connectivity index (χ0v) is 11.1. The molecule has 1 aliphatic heterocycles. The predicted molar refractivity (Wildman–Crippen MR) is 71.3 cm³/mol. The number of amidine groups is 1. The lowest BCUT2D eigenvalue weighted by atomic mass is 10.0. The van der Waals surface area contributed by atoms with Gasteiger partial charge in [0.05, 0.1) is 11.6 Å². The lowest BCUT2D eigenvalue weighted by Crippen LogP contribution is -2.39. The third-order valence-corrected chi connectivity index (χ3v) is 3.19. The number of hydrogen-bond acceptors (Lipinski definition) is 2. The summed E-state index contributed by atoms with van der Waals surface area (Å²) < 4.78 is 38.3. The number of nitrogens with two attached hydrogens (primary N) is 1. The third-order valence-electron chi connectivity index (χ3n) is 3.19. The molecule has 1 aromatic rings. The maximum atomic E-state index is 12.8. The van der Waals surface area contributed by atoms with Crippen LogP contribution in [0.15, 0.2) is 29.3 Å². The zero-order chi connectivity index (χ0) is 15.8. The number of amides is 2. The molecule has 0 aliphatic carbocycles. The van der Waals surface area contributed by atoms with Crippen molar-refractivity contribution in [1.29, 1.82) is 0 Å². The van der Waals surface area contributed by atoms with Gasteiger partial charge in [-0.25, -0.2) is 4.79 Å². The molecule has 21 heavy (non-hydrogen) atoms. The van der Waals surface area contributed by atoms with E-state index in [9.17, 15) is 18.0 Å². The monoisotopic (exact) mass is 295 g/mol. The van der Waals surface area contributed by atoms with Crippen molar-refractivity contribution in [3.05, 3.63) is 35.4 Å². The van der Waals surface area contributed by atoms with Crippen LogP contribution in [0.2, 0.25) is 0 Å². The molecule has 0 radical (unpaired) electrons. The van der Waals surface area contributed by atoms with Crippen molar-refractivity contribution in [2.24, 2.45) is 10.7 Å². The maximum Gasteiger partial charge on any atom is 0.416 e. The quantitative estimate of drug-likeness (QED) is 0.852. The Kier molecular flexibility index (Phi) is 3.64. The van der Waals surface area contributed by atoms with Gasteiger partial charge in [-0.1, -0.05) is 18.1 Å². The summed E-state index contributed by atoms with van der Waals surface area (Å²) in [5, 5.41) is 0. The molecule has 2 atom stereocenters. The Morgan fingerprint density at radius 2 is 2.14 bits per heavy atom. The molecule has 2 unspecified atom stereocenters. The highest BCUT2D eigenvalue weighted by Gasteiger charge is 2.38. The van der Waals surface area contributed by atoms with Gasteiger partial charge in [0.15, 0.2) is 0 Å². The second kappa shape index (κ2) is 5.13. The number of terminal acetylenes is 1. The first-order valence-corrected chi connectivity index (χ1v) is 6.05. The van der Waals surface area contributed by atoms with E-state index in [4.69, 9.17) is 12.2 Å². The van der Waals surface area contributed by atoms with Gasteiger partial charge in [0.1, 0.15) is 11.9 Å². The largest absolute Gasteiger partial charge is 0.416 e. The number of rotatable bonds is 2. The summed E-state index contributed by atoms with van der Waals surface area (Å²) in [6, 6.07) is 2.43. The lowest BCUT2D eigenvalue weighted by Gasteiger charge is -2.27. The summed E-state index contributed by atoms with van der Waals surface area (Å²) in [7, 11) is 0. The predicted octanol–water partition coefficient (Wildman–Crippen LogP) is 2.56. The molecule has 110 valence electrons. The van der Waals surface area contributed by atoms with Crippen molar-refractivity contribution in [2.45, 2.75) is 25.2 Å². The molecule has 0 spiro atoms. The van der Waals surface area contributed by atoms with Crippen LogP contribution in [0.1, 0.15) is 24.1 Å². The summed E-state index contributed by atoms with van der Waals surface area (Å²) in [6.07, 6.45) is 0.804. The number of nitrogens with zero attached hydrogens (tertiary/aromatic N) is 2. The van der Waals surface area contributed by atoms with Crippen LogP contribution in [0.4, 0.5) is 18.0 Å². The molecule has 0 saturated heterocycles. The van der Waals surface area contributed by atoms with Crippen LogP contribution >= 0.6 is 0 Å². The average molecular weight is 295 g/mol. The first kappa shape index (κ1) is 14.9. The Morgan fingerprint density at radius 3 is 2.71 bits per heavy atom. The Hall–Kier alpha value is -2.49. The molecule has 0 saturated carbocycles. The van der Waals surface area contributed by atoms with E-state index in [1.807, 2.05) is 0 Å². The van der Waals surface area contributed by atoms with Gasteiger partial charge in [-0.05, 0) is 24.6 Å². The van der Waals surface area contributed by atoms with Gasteiger partial charge in [0.2, 0.25) is 0 Å². The van der Waals surface area contributed by atoms with Gasteiger partial charge >= 0.3 is 12.2 Å². The number of hydrogen-bond donors (Lipinski definition) is 1. The van der Waals surface area contributed by atoms with E-state index in [2.05, 4.69) is 10.9 Å². The zero-order valence-electron chi connectivity index (χ0n) is 11.1. The molecule has 1 aromatic carbocycles. The Bertz CT molecular complexity index is 646. The molecule has 1 heterocycles. The highest BCUT2D eigenvalue weighted by Crippen LogP contribution is 2.34. The van der Waals surface area contributed by atoms with E-state index in [1.54, 1.807) is 6.92 Å². The second-order valence-electron chi connectivity index (χ2n) is 4.59. The summed E-state index contributed by atoms with van der Waals surface area (Å²) >= 11 is 0. The summed E-state index contributed by atoms with van der Waals surface area (Å²) in [5.41, 5.74) is 5.08. The van der Waals surface area contributed by atoms with Gasteiger partial charge in [-0.3, -0.25) is 4.90 Å². The Labute approximate surface area is 119 Å². The number of carbonyl (C=O) groups excluding carboxylic acids is 1. The molecule has 4 nitrogen and oxygen atoms in total. The number of carbonyl (C=O) groups is 1. The number of urea groups is 1. The van der Waals surface area contributed by atoms with E-state index in [0.29, 0.717) is 0 Å². The Balaban J connectivity index is 2.47. The number of benzene rings is 1. The van der Waals surface area contributed by atoms with E-state index in [-0.39, 0.29) is 11.4 Å². The SMILES string of the molecule is C#CC(C)N1C(=O)N=C(N)C1c1cccc(C(F)(F)F)c1. The van der Waals surface area contributed by atoms with Crippen LogP contribution in [-0.2, 0) is 6.18 Å². The maximum absolute atomic E-state index is 12.8. The second-order valence-corrected chi connectivity index (χ2v) is 4.59. The third kappa shape index (κ3) is 2.70. The van der Waals surface area contributed by atoms with Crippen molar-refractivity contribution in [1.82, 2.24) is 4.90 Å². The van der Waals surface area contributed by atoms with E-state index in [1.165, 1.54) is 17.0 Å². The van der Waals surface area contributed by atoms with Gasteiger partial charge in [-0.2, -0.15) is 18.2 Å². The first-order valence-electron chi connectivity index (χ1n) is 6.05. The highest BCUT2D eigenvalue weighted by atomic mass is 19.4. The van der Waals surface area contributed by atoms with E-state index >= 15 is 0 Å². The number of aliphatic imine (C=N–C) groups is 1. The topological polar surface area (TPSA) is 58.7 Å².